The lowest BCUT2D eigenvalue weighted by Gasteiger charge is -2.24. The highest BCUT2D eigenvalue weighted by Crippen LogP contribution is 2.29. The summed E-state index contributed by atoms with van der Waals surface area (Å²) in [7, 11) is -3.68. The molecule has 0 aliphatic heterocycles. The molecule has 0 aliphatic carbocycles. The van der Waals surface area contributed by atoms with Gasteiger partial charge in [-0.1, -0.05) is 74.0 Å². The molecule has 1 atom stereocenters. The van der Waals surface area contributed by atoms with Crippen molar-refractivity contribution in [2.75, 3.05) is 19.6 Å². The lowest BCUT2D eigenvalue weighted by Crippen LogP contribution is -2.34. The number of aliphatic imine (C=N–C) groups is 1. The Morgan fingerprint density at radius 1 is 1.32 bits per heavy atom. The van der Waals surface area contributed by atoms with Crippen molar-refractivity contribution >= 4 is 49.1 Å². The normalized spacial score (nSPS) is 13.5. The minimum atomic E-state index is -3.68. The van der Waals surface area contributed by atoms with Gasteiger partial charge in [0.1, 0.15) is 4.90 Å². The molecule has 1 aromatic heterocycles. The summed E-state index contributed by atoms with van der Waals surface area (Å²) in [4.78, 5) is 5.06. The van der Waals surface area contributed by atoms with E-state index in [2.05, 4.69) is 39.8 Å². The molecule has 1 unspecified atom stereocenters. The maximum atomic E-state index is 13.3. The quantitative estimate of drug-likeness (QED) is 0.159. The molecule has 0 saturated carbocycles. The number of halogens is 2. The van der Waals surface area contributed by atoms with Gasteiger partial charge in [0.25, 0.3) is 0 Å². The first-order chi connectivity index (χ1) is 19.0. The van der Waals surface area contributed by atoms with E-state index in [0.29, 0.717) is 44.1 Å². The Hall–Kier alpha value is -2.30. The van der Waals surface area contributed by atoms with Gasteiger partial charge in [0.05, 0.1) is 28.1 Å². The molecule has 1 N–H and O–H groups in total. The number of aromatic nitrogens is 2. The number of sulfonamides is 1. The highest BCUT2D eigenvalue weighted by atomic mass is 79.9. The smallest absolute Gasteiger partial charge is 0.244 e. The summed E-state index contributed by atoms with van der Waals surface area (Å²) in [6, 6.07) is 5.15. The highest BCUT2D eigenvalue weighted by Gasteiger charge is 2.27. The molecule has 0 bridgehead atoms. The number of allylic oxidation sites excluding steroid dienone is 7. The third-order valence-corrected chi connectivity index (χ3v) is 9.47. The number of hydrogen-bond acceptors (Lipinski definition) is 5. The lowest BCUT2D eigenvalue weighted by molar-refractivity contribution is 0.365. The van der Waals surface area contributed by atoms with Crippen LogP contribution in [0.4, 0.5) is 5.82 Å². The molecule has 40 heavy (non-hydrogen) atoms. The maximum absolute atomic E-state index is 13.3. The van der Waals surface area contributed by atoms with Gasteiger partial charge in [0.15, 0.2) is 5.82 Å². The van der Waals surface area contributed by atoms with Crippen molar-refractivity contribution in [2.45, 2.75) is 59.5 Å². The van der Waals surface area contributed by atoms with E-state index in [4.69, 9.17) is 16.6 Å². The SMILES string of the molecule is C=C/C(=N\c1c(Br)cnn1CNCC(C)CCN(CC)S(=O)(=O)c1c(C)cccc1Cl)C(/C=C\C=C/C)=C(C)C. The van der Waals surface area contributed by atoms with E-state index in [9.17, 15) is 8.42 Å². The summed E-state index contributed by atoms with van der Waals surface area (Å²) in [5, 5.41) is 8.15. The van der Waals surface area contributed by atoms with Gasteiger partial charge in [0, 0.05) is 13.1 Å². The van der Waals surface area contributed by atoms with Crippen LogP contribution in [0.15, 0.2) is 86.9 Å². The van der Waals surface area contributed by atoms with Gasteiger partial charge in [-0.25, -0.2) is 18.1 Å². The van der Waals surface area contributed by atoms with Crippen LogP contribution in [-0.4, -0.2) is 47.8 Å². The van der Waals surface area contributed by atoms with Crippen molar-refractivity contribution in [1.82, 2.24) is 19.4 Å². The first kappa shape index (κ1) is 33.9. The van der Waals surface area contributed by atoms with E-state index in [1.807, 2.05) is 52.0 Å². The average Bonchev–Trinajstić information content (AvgIpc) is 3.24. The Morgan fingerprint density at radius 3 is 2.65 bits per heavy atom. The Labute approximate surface area is 253 Å². The molecule has 1 aromatic carbocycles. The van der Waals surface area contributed by atoms with Crippen LogP contribution in [0.5, 0.6) is 0 Å². The molecule has 0 saturated heterocycles. The van der Waals surface area contributed by atoms with Gasteiger partial charge >= 0.3 is 0 Å². The van der Waals surface area contributed by atoms with E-state index in [1.54, 1.807) is 42.1 Å². The van der Waals surface area contributed by atoms with Crippen molar-refractivity contribution < 1.29 is 8.42 Å². The van der Waals surface area contributed by atoms with Crippen LogP contribution in [0.3, 0.4) is 0 Å². The van der Waals surface area contributed by atoms with Gasteiger partial charge in [-0.15, -0.1) is 0 Å². The molecular weight excluding hydrogens is 610 g/mol. The average molecular weight is 651 g/mol. The number of hydrogen-bond donors (Lipinski definition) is 1. The summed E-state index contributed by atoms with van der Waals surface area (Å²) < 4.78 is 30.7. The summed E-state index contributed by atoms with van der Waals surface area (Å²) in [6.45, 7) is 17.7. The topological polar surface area (TPSA) is 79.6 Å². The predicted molar refractivity (Wildman–Crippen MR) is 172 cm³/mol. The van der Waals surface area contributed by atoms with Crippen LogP contribution in [0.2, 0.25) is 5.02 Å². The minimum absolute atomic E-state index is 0.189. The number of rotatable bonds is 15. The molecular formula is C30H41BrClN5O2S. The molecule has 7 nitrogen and oxygen atoms in total. The van der Waals surface area contributed by atoms with E-state index in [1.165, 1.54) is 4.31 Å². The van der Waals surface area contributed by atoms with Gasteiger partial charge < -0.3 is 0 Å². The molecule has 0 radical (unpaired) electrons. The number of nitrogens with one attached hydrogen (secondary N) is 1. The van der Waals surface area contributed by atoms with Crippen molar-refractivity contribution in [2.24, 2.45) is 10.9 Å². The molecule has 2 aromatic rings. The van der Waals surface area contributed by atoms with E-state index in [0.717, 1.165) is 21.3 Å². The van der Waals surface area contributed by atoms with Gasteiger partial charge in [-0.2, -0.15) is 9.40 Å². The standard InChI is InChI=1S/C30H41BrClN5O2S/c1-8-11-12-15-25(22(4)5)28(9-2)35-30-26(31)20-34-37(30)21-33-19-23(6)17-18-36(10-3)40(38,39)29-24(7)14-13-16-27(29)32/h8-9,11-16,20,23,33H,2,10,17-19,21H2,1,3-7H3/b11-8-,15-12-,35-28+. The first-order valence-electron chi connectivity index (χ1n) is 13.3. The zero-order valence-corrected chi connectivity index (χ0v) is 27.4. The number of aryl methyl sites for hydroxylation is 1. The molecule has 1 heterocycles. The zero-order chi connectivity index (χ0) is 29.9. The fourth-order valence-electron chi connectivity index (χ4n) is 4.09. The lowest BCUT2D eigenvalue weighted by atomic mass is 10.0. The predicted octanol–water partition coefficient (Wildman–Crippen LogP) is 7.62. The largest absolute Gasteiger partial charge is 0.298 e. The Morgan fingerprint density at radius 2 is 2.05 bits per heavy atom. The Bertz CT molecular complexity index is 1370. The Kier molecular flexibility index (Phi) is 13.7. The van der Waals surface area contributed by atoms with Gasteiger partial charge in [-0.3, -0.25) is 5.32 Å². The van der Waals surface area contributed by atoms with Crippen LogP contribution in [0.25, 0.3) is 0 Å². The highest BCUT2D eigenvalue weighted by molar-refractivity contribution is 9.10. The van der Waals surface area contributed by atoms with Gasteiger partial charge in [-0.05, 0) is 85.8 Å². The van der Waals surface area contributed by atoms with Gasteiger partial charge in [0.2, 0.25) is 10.0 Å². The summed E-state index contributed by atoms with van der Waals surface area (Å²) in [6.07, 6.45) is 12.1. The second-order valence-electron chi connectivity index (χ2n) is 9.70. The maximum Gasteiger partial charge on any atom is 0.244 e. The van der Waals surface area contributed by atoms with Crippen molar-refractivity contribution in [3.05, 3.63) is 87.6 Å². The Balaban J connectivity index is 2.08. The molecule has 218 valence electrons. The third-order valence-electron chi connectivity index (χ3n) is 6.31. The second kappa shape index (κ2) is 16.2. The van der Waals surface area contributed by atoms with Crippen molar-refractivity contribution in [3.63, 3.8) is 0 Å². The van der Waals surface area contributed by atoms with Crippen LogP contribution in [0.1, 0.15) is 46.6 Å². The van der Waals surface area contributed by atoms with Crippen LogP contribution >= 0.6 is 27.5 Å². The summed E-state index contributed by atoms with van der Waals surface area (Å²) in [5.74, 6) is 0.909. The van der Waals surface area contributed by atoms with E-state index in [-0.39, 0.29) is 15.8 Å². The fourth-order valence-corrected chi connectivity index (χ4v) is 6.72. The molecule has 10 heteroatoms. The van der Waals surface area contributed by atoms with Crippen LogP contribution in [0, 0.1) is 12.8 Å². The van der Waals surface area contributed by atoms with Crippen molar-refractivity contribution in [1.29, 1.82) is 0 Å². The summed E-state index contributed by atoms with van der Waals surface area (Å²) >= 11 is 9.84. The van der Waals surface area contributed by atoms with Crippen molar-refractivity contribution in [3.8, 4) is 0 Å². The molecule has 0 amide bonds. The van der Waals surface area contributed by atoms with E-state index >= 15 is 0 Å². The number of benzene rings is 1. The third kappa shape index (κ3) is 9.11. The zero-order valence-electron chi connectivity index (χ0n) is 24.3. The molecule has 0 aliphatic rings. The fraction of sp³-hybridized carbons (Fsp3) is 0.400. The molecule has 0 spiro atoms. The molecule has 0 fully saturated rings. The number of nitrogens with zero attached hydrogens (tertiary/aromatic N) is 4. The minimum Gasteiger partial charge on any atom is -0.298 e. The molecule has 2 rings (SSSR count). The summed E-state index contributed by atoms with van der Waals surface area (Å²) in [5.41, 5.74) is 3.53. The second-order valence-corrected chi connectivity index (χ2v) is 12.8. The van der Waals surface area contributed by atoms with E-state index < -0.39 is 10.0 Å². The first-order valence-corrected chi connectivity index (χ1v) is 15.9. The monoisotopic (exact) mass is 649 g/mol. The van der Waals surface area contributed by atoms with Crippen LogP contribution < -0.4 is 5.32 Å². The van der Waals surface area contributed by atoms with Crippen LogP contribution in [-0.2, 0) is 16.7 Å².